The molecule has 0 saturated carbocycles. The molecule has 1 aromatic heterocycles. The topological polar surface area (TPSA) is 61.0 Å². The molecule has 1 aromatic carbocycles. The van der Waals surface area contributed by atoms with Gasteiger partial charge in [0.2, 0.25) is 5.88 Å². The maximum absolute atomic E-state index is 6.04. The average Bonchev–Trinajstić information content (AvgIpc) is 2.34. The van der Waals surface area contributed by atoms with Crippen LogP contribution in [0.15, 0.2) is 30.6 Å². The number of hydrogen-bond acceptors (Lipinski definition) is 4. The zero-order valence-corrected chi connectivity index (χ0v) is 11.1. The smallest absolute Gasteiger partial charge is 0.248 e. The quantitative estimate of drug-likeness (QED) is 0.876. The highest BCUT2D eigenvalue weighted by Gasteiger charge is 2.12. The molecule has 0 aliphatic heterocycles. The first-order valence-corrected chi connectivity index (χ1v) is 5.91. The van der Waals surface area contributed by atoms with E-state index in [4.69, 9.17) is 34.3 Å². The summed E-state index contributed by atoms with van der Waals surface area (Å²) in [5.74, 6) is 0.743. The lowest BCUT2D eigenvalue weighted by Gasteiger charge is -2.09. The summed E-state index contributed by atoms with van der Waals surface area (Å²) in [6.07, 6.45) is 3.00. The minimum atomic E-state index is 0.127. The fraction of sp³-hybridized carbons (Fsp3) is 0.0833. The number of hydrogen-bond donors (Lipinski definition) is 1. The lowest BCUT2D eigenvalue weighted by atomic mass is 10.2. The summed E-state index contributed by atoms with van der Waals surface area (Å²) in [4.78, 5) is 8.21. The van der Waals surface area contributed by atoms with Gasteiger partial charge in [-0.3, -0.25) is 0 Å². The highest BCUT2D eigenvalue weighted by molar-refractivity contribution is 7.80. The molecular weight excluding hydrogens is 270 g/mol. The summed E-state index contributed by atoms with van der Waals surface area (Å²) in [5, 5.41) is 0.486. The van der Waals surface area contributed by atoms with Crippen LogP contribution in [-0.4, -0.2) is 15.0 Å². The second kappa shape index (κ2) is 5.29. The van der Waals surface area contributed by atoms with Crippen molar-refractivity contribution < 1.29 is 4.74 Å². The predicted molar refractivity (Wildman–Crippen MR) is 74.2 cm³/mol. The number of nitrogens with zero attached hydrogens (tertiary/aromatic N) is 2. The van der Waals surface area contributed by atoms with Crippen LogP contribution in [-0.2, 0) is 0 Å². The summed E-state index contributed by atoms with van der Waals surface area (Å²) in [7, 11) is 0. The van der Waals surface area contributed by atoms with Crippen molar-refractivity contribution in [3.8, 4) is 11.6 Å². The van der Waals surface area contributed by atoms with Crippen LogP contribution in [0.1, 0.15) is 11.3 Å². The van der Waals surface area contributed by atoms with Gasteiger partial charge < -0.3 is 10.5 Å². The number of aryl methyl sites for hydroxylation is 1. The van der Waals surface area contributed by atoms with E-state index in [-0.39, 0.29) is 10.9 Å². The van der Waals surface area contributed by atoms with Crippen LogP contribution >= 0.6 is 23.8 Å². The summed E-state index contributed by atoms with van der Waals surface area (Å²) < 4.78 is 5.61. The second-order valence-electron chi connectivity index (χ2n) is 3.61. The molecule has 2 N–H and O–H groups in total. The fourth-order valence-electron chi connectivity index (χ4n) is 1.36. The number of nitrogens with two attached hydrogens (primary N) is 1. The lowest BCUT2D eigenvalue weighted by Crippen LogP contribution is -2.13. The van der Waals surface area contributed by atoms with Gasteiger partial charge in [-0.15, -0.1) is 0 Å². The van der Waals surface area contributed by atoms with Crippen LogP contribution in [0.2, 0.25) is 5.02 Å². The van der Waals surface area contributed by atoms with Gasteiger partial charge in [-0.25, -0.2) is 9.97 Å². The second-order valence-corrected chi connectivity index (χ2v) is 4.46. The van der Waals surface area contributed by atoms with Crippen LogP contribution in [0, 0.1) is 6.92 Å². The Kier molecular flexibility index (Phi) is 3.74. The van der Waals surface area contributed by atoms with E-state index in [9.17, 15) is 0 Å². The first-order valence-electron chi connectivity index (χ1n) is 5.13. The molecule has 0 unspecified atom stereocenters. The van der Waals surface area contributed by atoms with Crippen molar-refractivity contribution in [2.75, 3.05) is 0 Å². The molecule has 0 amide bonds. The SMILES string of the molecule is Cc1ccc(Cl)c(Oc2nccnc2C(N)=S)c1. The Hall–Kier alpha value is -1.72. The van der Waals surface area contributed by atoms with Gasteiger partial charge >= 0.3 is 0 Å². The van der Waals surface area contributed by atoms with Crippen LogP contribution in [0.4, 0.5) is 0 Å². The van der Waals surface area contributed by atoms with Gasteiger partial charge in [-0.05, 0) is 24.6 Å². The van der Waals surface area contributed by atoms with E-state index in [1.54, 1.807) is 12.1 Å². The normalized spacial score (nSPS) is 10.1. The van der Waals surface area contributed by atoms with Crippen molar-refractivity contribution in [2.24, 2.45) is 5.73 Å². The monoisotopic (exact) mass is 279 g/mol. The third-order valence-corrected chi connectivity index (χ3v) is 2.70. The molecule has 0 spiro atoms. The number of aromatic nitrogens is 2. The first kappa shape index (κ1) is 12.7. The molecule has 0 fully saturated rings. The van der Waals surface area contributed by atoms with E-state index in [1.807, 2.05) is 13.0 Å². The van der Waals surface area contributed by atoms with Crippen molar-refractivity contribution in [3.05, 3.63) is 46.9 Å². The number of ether oxygens (including phenoxy) is 1. The third-order valence-electron chi connectivity index (χ3n) is 2.19. The minimum Gasteiger partial charge on any atom is -0.435 e. The molecule has 1 heterocycles. The van der Waals surface area contributed by atoms with Gasteiger partial charge in [0.15, 0.2) is 5.69 Å². The maximum atomic E-state index is 6.04. The molecule has 4 nitrogen and oxygen atoms in total. The van der Waals surface area contributed by atoms with Gasteiger partial charge in [0.1, 0.15) is 10.7 Å². The maximum Gasteiger partial charge on any atom is 0.248 e. The molecule has 6 heteroatoms. The molecule has 0 saturated heterocycles. The first-order chi connectivity index (χ1) is 8.58. The summed E-state index contributed by atoms with van der Waals surface area (Å²) >= 11 is 10.9. The minimum absolute atomic E-state index is 0.127. The van der Waals surface area contributed by atoms with E-state index >= 15 is 0 Å². The van der Waals surface area contributed by atoms with Gasteiger partial charge in [0, 0.05) is 12.4 Å². The van der Waals surface area contributed by atoms with Gasteiger partial charge in [-0.2, -0.15) is 0 Å². The van der Waals surface area contributed by atoms with E-state index in [0.717, 1.165) is 5.56 Å². The van der Waals surface area contributed by atoms with Crippen molar-refractivity contribution in [2.45, 2.75) is 6.92 Å². The summed E-state index contributed by atoms with van der Waals surface area (Å²) in [6.45, 7) is 1.94. The Morgan fingerprint density at radius 2 is 2.06 bits per heavy atom. The van der Waals surface area contributed by atoms with E-state index < -0.39 is 0 Å². The Labute approximate surface area is 115 Å². The largest absolute Gasteiger partial charge is 0.435 e. The highest BCUT2D eigenvalue weighted by atomic mass is 35.5. The molecular formula is C12H10ClN3OS. The summed E-state index contributed by atoms with van der Waals surface area (Å²) in [5.41, 5.74) is 6.91. The van der Waals surface area contributed by atoms with Crippen molar-refractivity contribution in [1.82, 2.24) is 9.97 Å². The van der Waals surface area contributed by atoms with Gasteiger partial charge in [0.25, 0.3) is 0 Å². The molecule has 0 aliphatic rings. The van der Waals surface area contributed by atoms with E-state index in [1.165, 1.54) is 12.4 Å². The number of benzene rings is 1. The van der Waals surface area contributed by atoms with Crippen LogP contribution in [0.5, 0.6) is 11.6 Å². The molecule has 2 rings (SSSR count). The Morgan fingerprint density at radius 1 is 1.33 bits per heavy atom. The van der Waals surface area contributed by atoms with Crippen LogP contribution in [0.25, 0.3) is 0 Å². The number of halogens is 1. The molecule has 0 atom stereocenters. The Balaban J connectivity index is 2.40. The number of rotatable bonds is 3. The van der Waals surface area contributed by atoms with Crippen molar-refractivity contribution in [1.29, 1.82) is 0 Å². The van der Waals surface area contributed by atoms with Gasteiger partial charge in [-0.1, -0.05) is 29.9 Å². The van der Waals surface area contributed by atoms with Crippen LogP contribution in [0.3, 0.4) is 0 Å². The van der Waals surface area contributed by atoms with E-state index in [2.05, 4.69) is 9.97 Å². The zero-order valence-electron chi connectivity index (χ0n) is 9.55. The Bertz CT molecular complexity index is 604. The molecule has 92 valence electrons. The molecule has 2 aromatic rings. The van der Waals surface area contributed by atoms with Crippen LogP contribution < -0.4 is 10.5 Å². The fourth-order valence-corrected chi connectivity index (χ4v) is 1.66. The molecule has 0 radical (unpaired) electrons. The number of thiocarbonyl (C=S) groups is 1. The molecule has 0 bridgehead atoms. The molecule has 18 heavy (non-hydrogen) atoms. The predicted octanol–water partition coefficient (Wildman–Crippen LogP) is 2.86. The van der Waals surface area contributed by atoms with E-state index in [0.29, 0.717) is 16.5 Å². The Morgan fingerprint density at radius 3 is 2.78 bits per heavy atom. The molecule has 0 aliphatic carbocycles. The standard InChI is InChI=1S/C12H10ClN3OS/c1-7-2-3-8(13)9(6-7)17-12-10(11(14)18)15-4-5-16-12/h2-6H,1H3,(H2,14,18). The summed E-state index contributed by atoms with van der Waals surface area (Å²) in [6, 6.07) is 5.45. The van der Waals surface area contributed by atoms with Crippen molar-refractivity contribution >= 4 is 28.8 Å². The zero-order chi connectivity index (χ0) is 13.1. The van der Waals surface area contributed by atoms with Gasteiger partial charge in [0.05, 0.1) is 5.02 Å². The van der Waals surface area contributed by atoms with Crippen molar-refractivity contribution in [3.63, 3.8) is 0 Å². The lowest BCUT2D eigenvalue weighted by molar-refractivity contribution is 0.459. The third kappa shape index (κ3) is 2.75. The average molecular weight is 280 g/mol. The highest BCUT2D eigenvalue weighted by Crippen LogP contribution is 2.30.